The van der Waals surface area contributed by atoms with Crippen LogP contribution in [0.4, 0.5) is 0 Å². The van der Waals surface area contributed by atoms with Gasteiger partial charge in [-0.15, -0.1) is 0 Å². The van der Waals surface area contributed by atoms with Gasteiger partial charge in [-0.2, -0.15) is 0 Å². The van der Waals surface area contributed by atoms with Gasteiger partial charge in [-0.1, -0.05) is 12.1 Å². The van der Waals surface area contributed by atoms with Crippen molar-refractivity contribution in [1.29, 1.82) is 0 Å². The number of rotatable bonds is 6. The molecule has 0 aliphatic carbocycles. The van der Waals surface area contributed by atoms with Gasteiger partial charge in [0.25, 0.3) is 0 Å². The average Bonchev–Trinajstić information content (AvgIpc) is 2.86. The Morgan fingerprint density at radius 2 is 2.26 bits per heavy atom. The zero-order valence-corrected chi connectivity index (χ0v) is 11.0. The van der Waals surface area contributed by atoms with Crippen molar-refractivity contribution in [2.24, 2.45) is 5.73 Å². The van der Waals surface area contributed by atoms with Crippen molar-refractivity contribution in [2.75, 3.05) is 0 Å². The van der Waals surface area contributed by atoms with Crippen LogP contribution in [0.3, 0.4) is 0 Å². The van der Waals surface area contributed by atoms with E-state index < -0.39 is 5.91 Å². The minimum absolute atomic E-state index is 0.397. The highest BCUT2D eigenvalue weighted by Crippen LogP contribution is 2.05. The Morgan fingerprint density at radius 1 is 1.42 bits per heavy atom. The van der Waals surface area contributed by atoms with E-state index in [0.29, 0.717) is 12.1 Å². The standard InChI is InChI=1S/C14H18N4O/c1-2-18-10-17-9-13(18)8-16-7-11-4-3-5-12(6-11)14(15)19/h3-6,9-10,16H,2,7-8H2,1H3,(H2,15,19). The Labute approximate surface area is 112 Å². The summed E-state index contributed by atoms with van der Waals surface area (Å²) in [6.45, 7) is 4.43. The number of imidazole rings is 1. The van der Waals surface area contributed by atoms with Gasteiger partial charge in [0.1, 0.15) is 0 Å². The number of nitrogens with two attached hydrogens (primary N) is 1. The lowest BCUT2D eigenvalue weighted by atomic mass is 10.1. The topological polar surface area (TPSA) is 72.9 Å². The number of aryl methyl sites for hydroxylation is 1. The average molecular weight is 258 g/mol. The Hall–Kier alpha value is -2.14. The van der Waals surface area contributed by atoms with Gasteiger partial charge in [0.2, 0.25) is 5.91 Å². The number of carbonyl (C=O) groups excluding carboxylic acids is 1. The molecule has 2 rings (SSSR count). The van der Waals surface area contributed by atoms with E-state index in [0.717, 1.165) is 24.3 Å². The van der Waals surface area contributed by atoms with E-state index in [9.17, 15) is 4.79 Å². The van der Waals surface area contributed by atoms with Crippen LogP contribution >= 0.6 is 0 Å². The molecule has 5 heteroatoms. The number of carbonyl (C=O) groups is 1. The fourth-order valence-corrected chi connectivity index (χ4v) is 1.95. The molecule has 0 bridgehead atoms. The number of hydrogen-bond acceptors (Lipinski definition) is 3. The SMILES string of the molecule is CCn1cncc1CNCc1cccc(C(N)=O)c1. The highest BCUT2D eigenvalue weighted by Gasteiger charge is 2.02. The highest BCUT2D eigenvalue weighted by molar-refractivity contribution is 5.92. The molecule has 1 aromatic heterocycles. The second kappa shape index (κ2) is 6.15. The van der Waals surface area contributed by atoms with Gasteiger partial charge < -0.3 is 15.6 Å². The third kappa shape index (κ3) is 3.42. The monoisotopic (exact) mass is 258 g/mol. The molecular weight excluding hydrogens is 240 g/mol. The molecule has 0 atom stereocenters. The van der Waals surface area contributed by atoms with Crippen LogP contribution in [0.15, 0.2) is 36.8 Å². The molecule has 0 aliphatic rings. The van der Waals surface area contributed by atoms with E-state index >= 15 is 0 Å². The number of primary amides is 1. The van der Waals surface area contributed by atoms with Crippen LogP contribution in [0, 0.1) is 0 Å². The molecule has 1 heterocycles. The minimum atomic E-state index is -0.397. The summed E-state index contributed by atoms with van der Waals surface area (Å²) < 4.78 is 2.09. The van der Waals surface area contributed by atoms with Gasteiger partial charge in [0.05, 0.1) is 12.0 Å². The van der Waals surface area contributed by atoms with Crippen molar-refractivity contribution >= 4 is 5.91 Å². The molecule has 0 saturated carbocycles. The van der Waals surface area contributed by atoms with Crippen molar-refractivity contribution in [3.63, 3.8) is 0 Å². The van der Waals surface area contributed by atoms with Crippen LogP contribution < -0.4 is 11.1 Å². The fourth-order valence-electron chi connectivity index (χ4n) is 1.95. The number of nitrogens with zero attached hydrogens (tertiary/aromatic N) is 2. The third-order valence-electron chi connectivity index (χ3n) is 2.99. The first kappa shape index (κ1) is 13.3. The van der Waals surface area contributed by atoms with Gasteiger partial charge in [-0.05, 0) is 24.6 Å². The summed E-state index contributed by atoms with van der Waals surface area (Å²) in [7, 11) is 0. The molecule has 0 unspecified atom stereocenters. The third-order valence-corrected chi connectivity index (χ3v) is 2.99. The molecule has 0 fully saturated rings. The molecule has 1 amide bonds. The van der Waals surface area contributed by atoms with E-state index in [1.165, 1.54) is 0 Å². The molecule has 100 valence electrons. The number of amides is 1. The molecule has 5 nitrogen and oxygen atoms in total. The van der Waals surface area contributed by atoms with E-state index in [1.807, 2.05) is 30.7 Å². The first-order chi connectivity index (χ1) is 9.20. The second-order valence-electron chi connectivity index (χ2n) is 4.34. The van der Waals surface area contributed by atoms with Crippen molar-refractivity contribution in [3.8, 4) is 0 Å². The van der Waals surface area contributed by atoms with Gasteiger partial charge in [0.15, 0.2) is 0 Å². The predicted octanol–water partition coefficient (Wildman–Crippen LogP) is 1.29. The maximum absolute atomic E-state index is 11.1. The zero-order chi connectivity index (χ0) is 13.7. The summed E-state index contributed by atoms with van der Waals surface area (Å²) in [5, 5.41) is 3.33. The Morgan fingerprint density at radius 3 is 3.00 bits per heavy atom. The first-order valence-corrected chi connectivity index (χ1v) is 6.29. The first-order valence-electron chi connectivity index (χ1n) is 6.29. The lowest BCUT2D eigenvalue weighted by molar-refractivity contribution is 0.1000. The second-order valence-corrected chi connectivity index (χ2v) is 4.34. The lowest BCUT2D eigenvalue weighted by Gasteiger charge is -2.07. The quantitative estimate of drug-likeness (QED) is 0.820. The molecule has 19 heavy (non-hydrogen) atoms. The van der Waals surface area contributed by atoms with E-state index in [4.69, 9.17) is 5.73 Å². The van der Waals surface area contributed by atoms with Crippen LogP contribution in [-0.2, 0) is 19.6 Å². The Kier molecular flexibility index (Phi) is 4.30. The highest BCUT2D eigenvalue weighted by atomic mass is 16.1. The van der Waals surface area contributed by atoms with Gasteiger partial charge in [-0.25, -0.2) is 4.98 Å². The zero-order valence-electron chi connectivity index (χ0n) is 11.0. The molecule has 1 aromatic carbocycles. The minimum Gasteiger partial charge on any atom is -0.366 e. The van der Waals surface area contributed by atoms with Gasteiger partial charge >= 0.3 is 0 Å². The summed E-state index contributed by atoms with van der Waals surface area (Å²) in [6, 6.07) is 7.34. The normalized spacial score (nSPS) is 10.6. The van der Waals surface area contributed by atoms with Crippen LogP contribution in [0.5, 0.6) is 0 Å². The summed E-state index contributed by atoms with van der Waals surface area (Å²) in [5.41, 5.74) is 7.98. The molecular formula is C14H18N4O. The Balaban J connectivity index is 1.92. The molecule has 0 aliphatic heterocycles. The maximum atomic E-state index is 11.1. The van der Waals surface area contributed by atoms with Gasteiger partial charge in [0, 0.05) is 31.4 Å². The van der Waals surface area contributed by atoms with E-state index in [2.05, 4.69) is 21.8 Å². The summed E-state index contributed by atoms with van der Waals surface area (Å²) in [6.07, 6.45) is 3.68. The van der Waals surface area contributed by atoms with Crippen LogP contribution in [0.1, 0.15) is 28.5 Å². The number of benzene rings is 1. The molecule has 2 aromatic rings. The van der Waals surface area contributed by atoms with Crippen molar-refractivity contribution < 1.29 is 4.79 Å². The predicted molar refractivity (Wildman–Crippen MR) is 73.4 cm³/mol. The van der Waals surface area contributed by atoms with E-state index in [1.54, 1.807) is 6.07 Å². The smallest absolute Gasteiger partial charge is 0.248 e. The van der Waals surface area contributed by atoms with E-state index in [-0.39, 0.29) is 0 Å². The fraction of sp³-hybridized carbons (Fsp3) is 0.286. The van der Waals surface area contributed by atoms with Crippen molar-refractivity contribution in [1.82, 2.24) is 14.9 Å². The lowest BCUT2D eigenvalue weighted by Crippen LogP contribution is -2.16. The molecule has 0 radical (unpaired) electrons. The molecule has 3 N–H and O–H groups in total. The number of aromatic nitrogens is 2. The van der Waals surface area contributed by atoms with Crippen molar-refractivity contribution in [3.05, 3.63) is 53.6 Å². The van der Waals surface area contributed by atoms with Crippen molar-refractivity contribution in [2.45, 2.75) is 26.6 Å². The van der Waals surface area contributed by atoms with Crippen LogP contribution in [-0.4, -0.2) is 15.5 Å². The number of nitrogens with one attached hydrogen (secondary N) is 1. The maximum Gasteiger partial charge on any atom is 0.248 e. The molecule has 0 saturated heterocycles. The summed E-state index contributed by atoms with van der Waals surface area (Å²) in [5.74, 6) is -0.397. The number of hydrogen-bond donors (Lipinski definition) is 2. The van der Waals surface area contributed by atoms with Crippen LogP contribution in [0.2, 0.25) is 0 Å². The van der Waals surface area contributed by atoms with Crippen LogP contribution in [0.25, 0.3) is 0 Å². The summed E-state index contributed by atoms with van der Waals surface area (Å²) >= 11 is 0. The largest absolute Gasteiger partial charge is 0.366 e. The summed E-state index contributed by atoms with van der Waals surface area (Å²) in [4.78, 5) is 15.2. The van der Waals surface area contributed by atoms with Gasteiger partial charge in [-0.3, -0.25) is 4.79 Å². The molecule has 0 spiro atoms. The Bertz CT molecular complexity index is 562.